The van der Waals surface area contributed by atoms with Gasteiger partial charge in [-0.3, -0.25) is 9.59 Å². The van der Waals surface area contributed by atoms with Crippen molar-refractivity contribution in [3.8, 4) is 0 Å². The lowest BCUT2D eigenvalue weighted by Gasteiger charge is -2.41. The number of unbranched alkanes of at least 4 members (excludes halogenated alkanes) is 31. The van der Waals surface area contributed by atoms with Crippen molar-refractivity contribution in [1.29, 1.82) is 0 Å². The van der Waals surface area contributed by atoms with Crippen LogP contribution in [-0.4, -0.2) is 99.6 Å². The summed E-state index contributed by atoms with van der Waals surface area (Å²) in [4.78, 5) is 26.6. The van der Waals surface area contributed by atoms with Gasteiger partial charge in [0.05, 0.1) is 25.4 Å². The van der Waals surface area contributed by atoms with E-state index in [4.69, 9.17) is 14.2 Å². The maximum atomic E-state index is 13.4. The minimum absolute atomic E-state index is 0.115. The van der Waals surface area contributed by atoms with Crippen LogP contribution in [0.1, 0.15) is 290 Å². The lowest BCUT2D eigenvalue weighted by molar-refractivity contribution is -0.305. The molecular weight excluding hydrogens is 1030 g/mol. The number of carbonyl (C=O) groups excluding carboxylic acids is 2. The molecule has 0 saturated carbocycles. The molecule has 1 heterocycles. The largest absolute Gasteiger partial charge is 0.454 e. The average Bonchev–Trinajstić information content (AvgIpc) is 3.68. The number of nitrogens with one attached hydrogen (secondary N) is 1. The highest BCUT2D eigenvalue weighted by Crippen LogP contribution is 2.26. The third-order valence-electron chi connectivity index (χ3n) is 15.5. The molecule has 1 aliphatic rings. The molecule has 1 fully saturated rings. The molecule has 1 aliphatic heterocycles. The fraction of sp³-hybridized carbons (Fsp3) is 0.775. The van der Waals surface area contributed by atoms with Crippen molar-refractivity contribution >= 4 is 11.9 Å². The molecule has 474 valence electrons. The predicted octanol–water partition coefficient (Wildman–Crippen LogP) is 16.9. The van der Waals surface area contributed by atoms with Crippen molar-refractivity contribution in [2.45, 2.75) is 339 Å². The van der Waals surface area contributed by atoms with E-state index in [0.29, 0.717) is 12.8 Å². The molecule has 82 heavy (non-hydrogen) atoms. The van der Waals surface area contributed by atoms with Crippen LogP contribution in [0.4, 0.5) is 0 Å². The standard InChI is InChI=1S/C71H125NO10/c1-4-7-10-13-16-19-22-25-27-29-30-31-32-33-34-35-36-37-39-41-44-47-50-53-56-59-66(76)82-69-68(78)67(77)65(60-73)81-71(69)80-61-62(63(74)57-54-51-48-45-42-24-21-18-15-12-9-6-3)72-70(79)64(75)58-55-52-49-46-43-40-38-28-26-23-20-17-14-11-8-5-2/h16-17,19-20,25-28,40,43,49,52,54,57,62-65,67-69,71,73-75,77-78H,4-15,18,21-24,29-39,41-42,44-48,50-51,53,55-56,58-61H2,1-3H3,(H,72,79)/b19-16-,20-17-,27-25-,28-26-,43-40-,52-49-,57-54+. The Bertz CT molecular complexity index is 1660. The molecule has 0 spiro atoms. The van der Waals surface area contributed by atoms with Crippen LogP contribution in [0.3, 0.4) is 0 Å². The maximum absolute atomic E-state index is 13.4. The number of ether oxygens (including phenoxy) is 3. The second kappa shape index (κ2) is 58.2. The van der Waals surface area contributed by atoms with Crippen molar-refractivity contribution in [2.75, 3.05) is 13.2 Å². The molecule has 0 aromatic carbocycles. The molecule has 1 saturated heterocycles. The molecule has 0 radical (unpaired) electrons. The molecule has 0 aromatic heterocycles. The Morgan fingerprint density at radius 1 is 0.476 bits per heavy atom. The molecule has 1 amide bonds. The van der Waals surface area contributed by atoms with E-state index in [1.165, 1.54) is 167 Å². The number of carbonyl (C=O) groups is 2. The van der Waals surface area contributed by atoms with Gasteiger partial charge in [-0.05, 0) is 96.3 Å². The molecule has 1 rings (SSSR count). The van der Waals surface area contributed by atoms with Crippen LogP contribution in [0, 0.1) is 0 Å². The fourth-order valence-electron chi connectivity index (χ4n) is 10.1. The molecular formula is C71H125NO10. The molecule has 11 nitrogen and oxygen atoms in total. The zero-order chi connectivity index (χ0) is 59.6. The second-order valence-electron chi connectivity index (χ2n) is 23.2. The minimum atomic E-state index is -1.63. The van der Waals surface area contributed by atoms with Crippen LogP contribution in [0.2, 0.25) is 0 Å². The van der Waals surface area contributed by atoms with Crippen molar-refractivity contribution in [3.63, 3.8) is 0 Å². The van der Waals surface area contributed by atoms with Crippen LogP contribution >= 0.6 is 0 Å². The van der Waals surface area contributed by atoms with Gasteiger partial charge >= 0.3 is 5.97 Å². The Kier molecular flexibility index (Phi) is 54.6. The van der Waals surface area contributed by atoms with Crippen molar-refractivity contribution in [2.24, 2.45) is 0 Å². The number of allylic oxidation sites excluding steroid dienone is 13. The summed E-state index contributed by atoms with van der Waals surface area (Å²) < 4.78 is 17.6. The topological polar surface area (TPSA) is 175 Å². The lowest BCUT2D eigenvalue weighted by atomic mass is 9.99. The normalized spacial score (nSPS) is 19.1. The Balaban J connectivity index is 2.61. The predicted molar refractivity (Wildman–Crippen MR) is 342 cm³/mol. The SMILES string of the molecule is CCCCC/C=C\C/C=C\C/C=C\C/C=C\CCC(O)C(=O)NC(COC1OC(CO)C(O)C(O)C1OC(=O)CCCCCCCCCCCCCCCCC/C=C\C/C=C\CCCCC)C(O)/C=C/CCCCCCCCCCCC. The lowest BCUT2D eigenvalue weighted by Crippen LogP contribution is -2.61. The molecule has 8 atom stereocenters. The van der Waals surface area contributed by atoms with Gasteiger partial charge in [0, 0.05) is 6.42 Å². The Hall–Kier alpha value is -3.16. The quantitative estimate of drug-likeness (QED) is 0.0195. The molecule has 11 heteroatoms. The van der Waals surface area contributed by atoms with Gasteiger partial charge in [-0.15, -0.1) is 0 Å². The fourth-order valence-corrected chi connectivity index (χ4v) is 10.1. The molecule has 0 bridgehead atoms. The van der Waals surface area contributed by atoms with Gasteiger partial charge in [0.1, 0.15) is 24.4 Å². The third kappa shape index (κ3) is 45.2. The van der Waals surface area contributed by atoms with Crippen molar-refractivity contribution in [3.05, 3.63) is 85.1 Å². The highest BCUT2D eigenvalue weighted by atomic mass is 16.7. The number of hydrogen-bond acceptors (Lipinski definition) is 10. The smallest absolute Gasteiger partial charge is 0.306 e. The summed E-state index contributed by atoms with van der Waals surface area (Å²) in [5, 5.41) is 57.0. The first kappa shape index (κ1) is 76.9. The van der Waals surface area contributed by atoms with Crippen LogP contribution in [-0.2, 0) is 23.8 Å². The maximum Gasteiger partial charge on any atom is 0.306 e. The van der Waals surface area contributed by atoms with Crippen molar-refractivity contribution < 1.29 is 49.3 Å². The van der Waals surface area contributed by atoms with E-state index in [1.807, 2.05) is 18.2 Å². The first-order chi connectivity index (χ1) is 40.2. The Morgan fingerprint density at radius 2 is 0.841 bits per heavy atom. The van der Waals surface area contributed by atoms with Crippen LogP contribution in [0.25, 0.3) is 0 Å². The van der Waals surface area contributed by atoms with Gasteiger partial charge < -0.3 is 45.1 Å². The number of aliphatic hydroxyl groups excluding tert-OH is 5. The summed E-state index contributed by atoms with van der Waals surface area (Å²) in [6, 6.07) is -1.06. The summed E-state index contributed by atoms with van der Waals surface area (Å²) in [6.45, 7) is 5.72. The van der Waals surface area contributed by atoms with E-state index >= 15 is 0 Å². The van der Waals surface area contributed by atoms with Gasteiger partial charge in [0.2, 0.25) is 5.91 Å². The molecule has 0 aliphatic carbocycles. The van der Waals surface area contributed by atoms with Gasteiger partial charge in [0.25, 0.3) is 0 Å². The highest BCUT2D eigenvalue weighted by molar-refractivity contribution is 5.80. The zero-order valence-electron chi connectivity index (χ0n) is 52.6. The van der Waals surface area contributed by atoms with E-state index in [2.05, 4.69) is 86.8 Å². The van der Waals surface area contributed by atoms with Crippen LogP contribution < -0.4 is 5.32 Å². The summed E-state index contributed by atoms with van der Waals surface area (Å²) in [5.74, 6) is -1.25. The number of aliphatic hydroxyl groups is 5. The second-order valence-corrected chi connectivity index (χ2v) is 23.2. The molecule has 0 aromatic rings. The first-order valence-corrected chi connectivity index (χ1v) is 33.9. The molecule has 8 unspecified atom stereocenters. The minimum Gasteiger partial charge on any atom is -0.454 e. The Labute approximate surface area is 502 Å². The zero-order valence-corrected chi connectivity index (χ0v) is 52.6. The summed E-state index contributed by atoms with van der Waals surface area (Å²) in [5.41, 5.74) is 0. The van der Waals surface area contributed by atoms with Gasteiger partial charge in [-0.25, -0.2) is 0 Å². The summed E-state index contributed by atoms with van der Waals surface area (Å²) >= 11 is 0. The number of hydrogen-bond donors (Lipinski definition) is 6. The van der Waals surface area contributed by atoms with E-state index in [-0.39, 0.29) is 19.4 Å². The van der Waals surface area contributed by atoms with Crippen LogP contribution in [0.5, 0.6) is 0 Å². The van der Waals surface area contributed by atoms with Crippen molar-refractivity contribution in [1.82, 2.24) is 5.32 Å². The van der Waals surface area contributed by atoms with E-state index in [0.717, 1.165) is 77.0 Å². The number of amides is 1. The van der Waals surface area contributed by atoms with Gasteiger partial charge in [-0.2, -0.15) is 0 Å². The third-order valence-corrected chi connectivity index (χ3v) is 15.5. The Morgan fingerprint density at radius 3 is 1.28 bits per heavy atom. The number of rotatable bonds is 57. The summed E-state index contributed by atoms with van der Waals surface area (Å²) in [7, 11) is 0. The van der Waals surface area contributed by atoms with E-state index in [1.54, 1.807) is 6.08 Å². The average molecular weight is 1150 g/mol. The number of esters is 1. The van der Waals surface area contributed by atoms with E-state index in [9.17, 15) is 35.1 Å². The highest BCUT2D eigenvalue weighted by Gasteiger charge is 2.47. The monoisotopic (exact) mass is 1150 g/mol. The van der Waals surface area contributed by atoms with Crippen LogP contribution in [0.15, 0.2) is 85.1 Å². The van der Waals surface area contributed by atoms with Gasteiger partial charge in [0.15, 0.2) is 12.4 Å². The van der Waals surface area contributed by atoms with Gasteiger partial charge in [-0.1, -0.05) is 273 Å². The van der Waals surface area contributed by atoms with E-state index < -0.39 is 67.4 Å². The molecule has 6 N–H and O–H groups in total. The summed E-state index contributed by atoms with van der Waals surface area (Å²) in [6.07, 6.45) is 66.4. The first-order valence-electron chi connectivity index (χ1n) is 33.9.